The third-order valence-corrected chi connectivity index (χ3v) is 5.92. The number of hydrogen-bond donors (Lipinski definition) is 0. The van der Waals surface area contributed by atoms with Crippen molar-refractivity contribution < 1.29 is 19.1 Å². The normalized spacial score (nSPS) is 10.9. The zero-order chi connectivity index (χ0) is 23.6. The van der Waals surface area contributed by atoms with Gasteiger partial charge < -0.3 is 9.30 Å². The first-order chi connectivity index (χ1) is 15.1. The van der Waals surface area contributed by atoms with E-state index in [1.54, 1.807) is 27.0 Å². The Balaban J connectivity index is 1.65. The molecule has 0 aliphatic carbocycles. The molecular weight excluding hydrogens is 430 g/mol. The van der Waals surface area contributed by atoms with Crippen molar-refractivity contribution >= 4 is 29.1 Å². The molecule has 0 aliphatic rings. The van der Waals surface area contributed by atoms with Crippen molar-refractivity contribution in [3.05, 3.63) is 74.8 Å². The van der Waals surface area contributed by atoms with Crippen molar-refractivity contribution in [1.29, 1.82) is 0 Å². The lowest BCUT2D eigenvalue weighted by molar-refractivity contribution is -0.137. The highest BCUT2D eigenvalue weighted by Gasteiger charge is 2.26. The maximum atomic E-state index is 12.7. The molecule has 2 aromatic heterocycles. The summed E-state index contributed by atoms with van der Waals surface area (Å²) in [6.07, 6.45) is 0.786. The predicted octanol–water partition coefficient (Wildman–Crippen LogP) is 3.96. The first-order valence-electron chi connectivity index (χ1n) is 10.3. The van der Waals surface area contributed by atoms with E-state index in [-0.39, 0.29) is 11.3 Å². The Morgan fingerprint density at radius 2 is 1.69 bits per heavy atom. The Kier molecular flexibility index (Phi) is 6.99. The Morgan fingerprint density at radius 3 is 2.28 bits per heavy atom. The zero-order valence-electron chi connectivity index (χ0n) is 18.9. The van der Waals surface area contributed by atoms with E-state index in [1.807, 2.05) is 38.1 Å². The van der Waals surface area contributed by atoms with Crippen LogP contribution in [0.25, 0.3) is 0 Å². The molecule has 0 saturated heterocycles. The van der Waals surface area contributed by atoms with Gasteiger partial charge in [0, 0.05) is 41.3 Å². The second kappa shape index (κ2) is 9.53. The van der Waals surface area contributed by atoms with Crippen LogP contribution >= 0.6 is 11.6 Å². The standard InChI is InChI=1S/C24H26ClN3O4/c1-14-12-20(16(3)28(14)11-10-18-6-8-19(25)9-7-18)21(29)13-32-24(31)23(30)22-15(2)26-27(5)17(22)4/h6-9,12H,10-11,13H2,1-5H3. The van der Waals surface area contributed by atoms with Crippen LogP contribution in [0.1, 0.15) is 49.1 Å². The third-order valence-electron chi connectivity index (χ3n) is 5.67. The topological polar surface area (TPSA) is 83.2 Å². The van der Waals surface area contributed by atoms with Gasteiger partial charge in [0.05, 0.1) is 11.3 Å². The number of Topliss-reactive ketones (excluding diaryl/α,β-unsaturated/α-hetero) is 2. The number of rotatable bonds is 8. The van der Waals surface area contributed by atoms with Crippen LogP contribution < -0.4 is 0 Å². The Bertz CT molecular complexity index is 1190. The van der Waals surface area contributed by atoms with Crippen molar-refractivity contribution in [3.63, 3.8) is 0 Å². The largest absolute Gasteiger partial charge is 0.451 e. The van der Waals surface area contributed by atoms with Gasteiger partial charge in [-0.1, -0.05) is 23.7 Å². The lowest BCUT2D eigenvalue weighted by Crippen LogP contribution is -2.22. The van der Waals surface area contributed by atoms with Crippen LogP contribution in [0.2, 0.25) is 5.02 Å². The quantitative estimate of drug-likeness (QED) is 0.291. The fourth-order valence-electron chi connectivity index (χ4n) is 3.80. The van der Waals surface area contributed by atoms with Crippen LogP contribution in [0.3, 0.4) is 0 Å². The summed E-state index contributed by atoms with van der Waals surface area (Å²) >= 11 is 5.94. The molecule has 8 heteroatoms. The molecule has 0 aliphatic heterocycles. The molecule has 0 radical (unpaired) electrons. The smallest absolute Gasteiger partial charge is 0.380 e. The summed E-state index contributed by atoms with van der Waals surface area (Å²) < 4.78 is 8.62. The third kappa shape index (κ3) is 4.83. The van der Waals surface area contributed by atoms with Crippen LogP contribution in [0.5, 0.6) is 0 Å². The molecule has 3 rings (SSSR count). The molecule has 2 heterocycles. The molecule has 3 aromatic rings. The zero-order valence-corrected chi connectivity index (χ0v) is 19.6. The molecular formula is C24H26ClN3O4. The fourth-order valence-corrected chi connectivity index (χ4v) is 3.92. The summed E-state index contributed by atoms with van der Waals surface area (Å²) in [5.41, 5.74) is 4.58. The summed E-state index contributed by atoms with van der Waals surface area (Å²) in [5.74, 6) is -2.21. The van der Waals surface area contributed by atoms with Crippen molar-refractivity contribution in [2.75, 3.05) is 6.61 Å². The number of aromatic nitrogens is 3. The van der Waals surface area contributed by atoms with E-state index in [0.29, 0.717) is 28.5 Å². The number of hydrogen-bond acceptors (Lipinski definition) is 5. The number of esters is 1. The van der Waals surface area contributed by atoms with Gasteiger partial charge in [0.15, 0.2) is 6.61 Å². The summed E-state index contributed by atoms with van der Waals surface area (Å²) in [6.45, 7) is 7.34. The second-order valence-electron chi connectivity index (χ2n) is 7.81. The van der Waals surface area contributed by atoms with Crippen molar-refractivity contribution in [3.8, 4) is 0 Å². The number of ketones is 2. The summed E-state index contributed by atoms with van der Waals surface area (Å²) in [6, 6.07) is 9.44. The van der Waals surface area contributed by atoms with Gasteiger partial charge in [-0.2, -0.15) is 5.10 Å². The first kappa shape index (κ1) is 23.5. The van der Waals surface area contributed by atoms with Crippen LogP contribution in [0, 0.1) is 27.7 Å². The van der Waals surface area contributed by atoms with E-state index in [9.17, 15) is 14.4 Å². The van der Waals surface area contributed by atoms with E-state index in [2.05, 4.69) is 9.67 Å². The number of carbonyl (C=O) groups excluding carboxylic acids is 3. The van der Waals surface area contributed by atoms with Crippen LogP contribution in [-0.2, 0) is 29.5 Å². The second-order valence-corrected chi connectivity index (χ2v) is 8.25. The molecule has 0 fully saturated rings. The monoisotopic (exact) mass is 455 g/mol. The van der Waals surface area contributed by atoms with Crippen LogP contribution in [-0.4, -0.2) is 38.5 Å². The summed E-state index contributed by atoms with van der Waals surface area (Å²) in [7, 11) is 1.69. The highest BCUT2D eigenvalue weighted by Crippen LogP contribution is 2.18. The SMILES string of the molecule is Cc1nn(C)c(C)c1C(=O)C(=O)OCC(=O)c1cc(C)n(CCc2ccc(Cl)cc2)c1C. The molecule has 0 unspecified atom stereocenters. The molecule has 0 N–H and O–H groups in total. The maximum absolute atomic E-state index is 12.7. The molecule has 0 spiro atoms. The lowest BCUT2D eigenvalue weighted by atomic mass is 10.1. The van der Waals surface area contributed by atoms with Gasteiger partial charge >= 0.3 is 5.97 Å². The minimum Gasteiger partial charge on any atom is -0.451 e. The van der Waals surface area contributed by atoms with E-state index < -0.39 is 18.4 Å². The molecule has 7 nitrogen and oxygen atoms in total. The van der Waals surface area contributed by atoms with Gasteiger partial charge in [-0.25, -0.2) is 4.79 Å². The Hall–Kier alpha value is -3.19. The van der Waals surface area contributed by atoms with E-state index in [1.165, 1.54) is 4.68 Å². The summed E-state index contributed by atoms with van der Waals surface area (Å²) in [4.78, 5) is 37.4. The van der Waals surface area contributed by atoms with Gasteiger partial charge in [0.25, 0.3) is 5.78 Å². The molecule has 1 aromatic carbocycles. The van der Waals surface area contributed by atoms with Gasteiger partial charge in [0.1, 0.15) is 0 Å². The maximum Gasteiger partial charge on any atom is 0.380 e. The molecule has 0 bridgehead atoms. The Morgan fingerprint density at radius 1 is 1.03 bits per heavy atom. The Labute approximate surface area is 191 Å². The van der Waals surface area contributed by atoms with Crippen molar-refractivity contribution in [2.45, 2.75) is 40.7 Å². The van der Waals surface area contributed by atoms with E-state index in [4.69, 9.17) is 16.3 Å². The number of halogens is 1. The van der Waals surface area contributed by atoms with Gasteiger partial charge in [-0.05, 0) is 57.9 Å². The predicted molar refractivity (Wildman–Crippen MR) is 121 cm³/mol. The molecule has 0 amide bonds. The number of nitrogens with zero attached hydrogens (tertiary/aromatic N) is 3. The van der Waals surface area contributed by atoms with Crippen molar-refractivity contribution in [2.24, 2.45) is 7.05 Å². The number of ether oxygens (including phenoxy) is 1. The average Bonchev–Trinajstić information content (AvgIpc) is 3.18. The summed E-state index contributed by atoms with van der Waals surface area (Å²) in [5, 5.41) is 4.83. The highest BCUT2D eigenvalue weighted by atomic mass is 35.5. The molecule has 32 heavy (non-hydrogen) atoms. The van der Waals surface area contributed by atoms with Gasteiger partial charge in [0.2, 0.25) is 5.78 Å². The molecule has 168 valence electrons. The first-order valence-corrected chi connectivity index (χ1v) is 10.6. The lowest BCUT2D eigenvalue weighted by Gasteiger charge is -2.10. The minimum absolute atomic E-state index is 0.213. The molecule has 0 saturated carbocycles. The highest BCUT2D eigenvalue weighted by molar-refractivity contribution is 6.41. The van der Waals surface area contributed by atoms with E-state index >= 15 is 0 Å². The number of carbonyl (C=O) groups is 3. The van der Waals surface area contributed by atoms with E-state index in [0.717, 1.165) is 23.4 Å². The fraction of sp³-hybridized carbons (Fsp3) is 0.333. The molecule has 0 atom stereocenters. The van der Waals surface area contributed by atoms with Gasteiger partial charge in [-0.15, -0.1) is 0 Å². The number of aryl methyl sites for hydroxylation is 4. The average molecular weight is 456 g/mol. The van der Waals surface area contributed by atoms with Crippen molar-refractivity contribution in [1.82, 2.24) is 14.3 Å². The number of benzene rings is 1. The van der Waals surface area contributed by atoms with Crippen LogP contribution in [0.15, 0.2) is 30.3 Å². The van der Waals surface area contributed by atoms with Gasteiger partial charge in [-0.3, -0.25) is 14.3 Å². The van der Waals surface area contributed by atoms with Crippen LogP contribution in [0.4, 0.5) is 0 Å². The minimum atomic E-state index is -1.06.